The summed E-state index contributed by atoms with van der Waals surface area (Å²) in [6.07, 6.45) is 5.36. The van der Waals surface area contributed by atoms with Crippen molar-refractivity contribution in [1.29, 1.82) is 0 Å². The predicted molar refractivity (Wildman–Crippen MR) is 43.8 cm³/mol. The van der Waals surface area contributed by atoms with Crippen LogP contribution < -0.4 is 5.73 Å². The first-order valence-electron chi connectivity index (χ1n) is 4.17. The molecule has 1 unspecified atom stereocenters. The summed E-state index contributed by atoms with van der Waals surface area (Å²) >= 11 is 0. The Labute approximate surface area is 63.4 Å². The van der Waals surface area contributed by atoms with Gasteiger partial charge in [0.2, 0.25) is 0 Å². The Hall–Kier alpha value is -0.0800. The van der Waals surface area contributed by atoms with Crippen molar-refractivity contribution in [2.45, 2.75) is 45.1 Å². The van der Waals surface area contributed by atoms with Gasteiger partial charge in [-0.05, 0) is 19.3 Å². The summed E-state index contributed by atoms with van der Waals surface area (Å²) in [6.45, 7) is 2.44. The second-order valence-corrected chi connectivity index (χ2v) is 2.77. The molecule has 0 fully saturated rings. The molecule has 0 bridgehead atoms. The van der Waals surface area contributed by atoms with Gasteiger partial charge in [-0.3, -0.25) is 0 Å². The van der Waals surface area contributed by atoms with E-state index in [9.17, 15) is 0 Å². The highest BCUT2D eigenvalue weighted by atomic mass is 16.2. The zero-order chi connectivity index (χ0) is 7.82. The fraction of sp³-hybridized carbons (Fsp3) is 1.00. The van der Waals surface area contributed by atoms with Crippen molar-refractivity contribution in [1.82, 2.24) is 0 Å². The molecule has 1 atom stereocenters. The molecule has 0 aliphatic rings. The van der Waals surface area contributed by atoms with Crippen LogP contribution in [0.3, 0.4) is 0 Å². The van der Waals surface area contributed by atoms with Crippen LogP contribution in [0.25, 0.3) is 0 Å². The fourth-order valence-electron chi connectivity index (χ4n) is 0.964. The summed E-state index contributed by atoms with van der Waals surface area (Å²) in [5, 5.41) is 8.49. The average Bonchev–Trinajstić information content (AvgIpc) is 1.97. The van der Waals surface area contributed by atoms with E-state index in [1.54, 1.807) is 0 Å². The van der Waals surface area contributed by atoms with E-state index in [2.05, 4.69) is 6.92 Å². The van der Waals surface area contributed by atoms with Gasteiger partial charge in [-0.25, -0.2) is 0 Å². The minimum absolute atomic E-state index is 0.278. The highest BCUT2D eigenvalue weighted by Crippen LogP contribution is 2.03. The molecule has 2 heteroatoms. The monoisotopic (exact) mass is 145 g/mol. The summed E-state index contributed by atoms with van der Waals surface area (Å²) in [5.74, 6) is 0. The second-order valence-electron chi connectivity index (χ2n) is 2.77. The molecule has 0 radical (unpaired) electrons. The van der Waals surface area contributed by atoms with E-state index >= 15 is 0 Å². The maximum Gasteiger partial charge on any atom is 0.0431 e. The Morgan fingerprint density at radius 2 is 1.90 bits per heavy atom. The molecule has 10 heavy (non-hydrogen) atoms. The Morgan fingerprint density at radius 3 is 2.40 bits per heavy atom. The van der Waals surface area contributed by atoms with E-state index in [1.165, 1.54) is 12.8 Å². The highest BCUT2D eigenvalue weighted by Gasteiger charge is 1.99. The third kappa shape index (κ3) is 6.05. The van der Waals surface area contributed by atoms with Gasteiger partial charge in [-0.15, -0.1) is 0 Å². The number of nitrogens with two attached hydrogens (primary N) is 1. The Kier molecular flexibility index (Phi) is 6.98. The van der Waals surface area contributed by atoms with Gasteiger partial charge < -0.3 is 10.8 Å². The van der Waals surface area contributed by atoms with Crippen molar-refractivity contribution in [3.63, 3.8) is 0 Å². The molecule has 0 rings (SSSR count). The maximum absolute atomic E-state index is 8.49. The van der Waals surface area contributed by atoms with E-state index in [0.29, 0.717) is 6.04 Å². The van der Waals surface area contributed by atoms with Crippen LogP contribution in [0, 0.1) is 0 Å². The van der Waals surface area contributed by atoms with E-state index in [1.807, 2.05) is 0 Å². The van der Waals surface area contributed by atoms with Crippen molar-refractivity contribution in [3.8, 4) is 0 Å². The molecule has 62 valence electrons. The molecule has 0 aromatic heterocycles. The number of rotatable bonds is 6. The summed E-state index contributed by atoms with van der Waals surface area (Å²) in [4.78, 5) is 0. The molecule has 0 aromatic carbocycles. The van der Waals surface area contributed by atoms with Crippen LogP contribution in [0.15, 0.2) is 0 Å². The standard InChI is InChI=1S/C8H19NO/c1-2-3-5-8(9)6-4-7-10/h8,10H,2-7,9H2,1H3. The van der Waals surface area contributed by atoms with Crippen molar-refractivity contribution in [3.05, 3.63) is 0 Å². The van der Waals surface area contributed by atoms with Crippen molar-refractivity contribution >= 4 is 0 Å². The lowest BCUT2D eigenvalue weighted by Gasteiger charge is -2.08. The van der Waals surface area contributed by atoms with E-state index in [-0.39, 0.29) is 6.61 Å². The van der Waals surface area contributed by atoms with E-state index in [4.69, 9.17) is 10.8 Å². The summed E-state index contributed by atoms with van der Waals surface area (Å²) < 4.78 is 0. The van der Waals surface area contributed by atoms with Crippen LogP contribution in [0.4, 0.5) is 0 Å². The second kappa shape index (κ2) is 7.03. The number of hydrogen-bond donors (Lipinski definition) is 2. The number of hydrogen-bond acceptors (Lipinski definition) is 2. The summed E-state index contributed by atoms with van der Waals surface area (Å²) in [6, 6.07) is 0.312. The largest absolute Gasteiger partial charge is 0.396 e. The lowest BCUT2D eigenvalue weighted by molar-refractivity contribution is 0.278. The fourth-order valence-corrected chi connectivity index (χ4v) is 0.964. The van der Waals surface area contributed by atoms with Crippen LogP contribution >= 0.6 is 0 Å². The number of unbranched alkanes of at least 4 members (excludes halogenated alkanes) is 1. The molecule has 0 heterocycles. The quantitative estimate of drug-likeness (QED) is 0.591. The first-order valence-corrected chi connectivity index (χ1v) is 4.17. The molecule has 0 aliphatic heterocycles. The van der Waals surface area contributed by atoms with Crippen LogP contribution in [-0.2, 0) is 0 Å². The van der Waals surface area contributed by atoms with Gasteiger partial charge in [0.1, 0.15) is 0 Å². The Bertz CT molecular complexity index is 58.3. The van der Waals surface area contributed by atoms with E-state index < -0.39 is 0 Å². The third-order valence-corrected chi connectivity index (χ3v) is 1.66. The van der Waals surface area contributed by atoms with Crippen molar-refractivity contribution in [2.24, 2.45) is 5.73 Å². The average molecular weight is 145 g/mol. The topological polar surface area (TPSA) is 46.2 Å². The zero-order valence-corrected chi connectivity index (χ0v) is 6.84. The molecule has 0 saturated heterocycles. The number of aliphatic hydroxyl groups excluding tert-OH is 1. The van der Waals surface area contributed by atoms with Crippen molar-refractivity contribution in [2.75, 3.05) is 6.61 Å². The number of aliphatic hydroxyl groups is 1. The maximum atomic E-state index is 8.49. The van der Waals surface area contributed by atoms with Gasteiger partial charge in [0, 0.05) is 12.6 Å². The van der Waals surface area contributed by atoms with Gasteiger partial charge in [0.25, 0.3) is 0 Å². The Balaban J connectivity index is 3.00. The minimum Gasteiger partial charge on any atom is -0.396 e. The van der Waals surface area contributed by atoms with Crippen molar-refractivity contribution < 1.29 is 5.11 Å². The van der Waals surface area contributed by atoms with Gasteiger partial charge in [0.05, 0.1) is 0 Å². The SMILES string of the molecule is CCCCC(N)CCCO. The molecule has 0 aromatic rings. The molecular weight excluding hydrogens is 126 g/mol. The summed E-state index contributed by atoms with van der Waals surface area (Å²) in [5.41, 5.74) is 5.73. The van der Waals surface area contributed by atoms with Crippen LogP contribution in [-0.4, -0.2) is 17.8 Å². The molecule has 0 spiro atoms. The first kappa shape index (κ1) is 9.92. The van der Waals surface area contributed by atoms with Gasteiger partial charge in [-0.1, -0.05) is 19.8 Å². The molecule has 2 nitrogen and oxygen atoms in total. The summed E-state index contributed by atoms with van der Waals surface area (Å²) in [7, 11) is 0. The lowest BCUT2D eigenvalue weighted by Crippen LogP contribution is -2.19. The van der Waals surface area contributed by atoms with Gasteiger partial charge in [-0.2, -0.15) is 0 Å². The van der Waals surface area contributed by atoms with Crippen LogP contribution in [0.5, 0.6) is 0 Å². The zero-order valence-electron chi connectivity index (χ0n) is 6.84. The molecule has 0 aliphatic carbocycles. The molecule has 3 N–H and O–H groups in total. The molecular formula is C8H19NO. The smallest absolute Gasteiger partial charge is 0.0431 e. The van der Waals surface area contributed by atoms with E-state index in [0.717, 1.165) is 19.3 Å². The first-order chi connectivity index (χ1) is 4.81. The van der Waals surface area contributed by atoms with Crippen LogP contribution in [0.1, 0.15) is 39.0 Å². The molecule has 0 amide bonds. The van der Waals surface area contributed by atoms with Gasteiger partial charge >= 0.3 is 0 Å². The normalized spacial score (nSPS) is 13.5. The molecule has 0 saturated carbocycles. The lowest BCUT2D eigenvalue weighted by atomic mass is 10.1. The third-order valence-electron chi connectivity index (χ3n) is 1.66. The predicted octanol–water partition coefficient (Wildman–Crippen LogP) is 1.28. The minimum atomic E-state index is 0.278. The highest BCUT2D eigenvalue weighted by molar-refractivity contribution is 4.59. The Morgan fingerprint density at radius 1 is 1.30 bits per heavy atom. The van der Waals surface area contributed by atoms with Gasteiger partial charge in [0.15, 0.2) is 0 Å². The van der Waals surface area contributed by atoms with Crippen LogP contribution in [0.2, 0.25) is 0 Å².